The van der Waals surface area contributed by atoms with Gasteiger partial charge in [0.1, 0.15) is 11.6 Å². The van der Waals surface area contributed by atoms with E-state index in [1.807, 2.05) is 12.1 Å². The fourth-order valence-electron chi connectivity index (χ4n) is 2.54. The van der Waals surface area contributed by atoms with Gasteiger partial charge in [-0.1, -0.05) is 26.0 Å². The molecule has 4 nitrogen and oxygen atoms in total. The average Bonchev–Trinajstić information content (AvgIpc) is 2.98. The van der Waals surface area contributed by atoms with E-state index in [0.717, 1.165) is 37.8 Å². The molecule has 104 valence electrons. The SMILES string of the molecule is CCN(CC)C(C1=NCCN1)c1cccc(OC)c1. The van der Waals surface area contributed by atoms with Crippen LogP contribution in [0.3, 0.4) is 0 Å². The minimum absolute atomic E-state index is 0.201. The fourth-order valence-corrected chi connectivity index (χ4v) is 2.54. The summed E-state index contributed by atoms with van der Waals surface area (Å²) in [5.74, 6) is 1.98. The standard InChI is InChI=1S/C15H23N3O/c1-4-18(5-2)14(15-16-9-10-17-15)12-7-6-8-13(11-12)19-3/h6-8,11,14H,4-5,9-10H2,1-3H3,(H,16,17). The van der Waals surface area contributed by atoms with Gasteiger partial charge in [0, 0.05) is 6.54 Å². The lowest BCUT2D eigenvalue weighted by atomic mass is 10.0. The Labute approximate surface area is 115 Å². The monoisotopic (exact) mass is 261 g/mol. The lowest BCUT2D eigenvalue weighted by Crippen LogP contribution is -2.38. The van der Waals surface area contributed by atoms with Crippen molar-refractivity contribution in [3.8, 4) is 5.75 Å². The number of likely N-dealkylation sites (N-methyl/N-ethyl adjacent to an activating group) is 1. The van der Waals surface area contributed by atoms with Crippen molar-refractivity contribution < 1.29 is 4.74 Å². The van der Waals surface area contributed by atoms with E-state index in [2.05, 4.69) is 41.2 Å². The molecule has 1 atom stereocenters. The third-order valence-electron chi connectivity index (χ3n) is 3.55. The summed E-state index contributed by atoms with van der Waals surface area (Å²) in [7, 11) is 1.71. The molecule has 19 heavy (non-hydrogen) atoms. The first-order valence-corrected chi connectivity index (χ1v) is 6.96. The van der Waals surface area contributed by atoms with Gasteiger partial charge in [0.15, 0.2) is 0 Å². The van der Waals surface area contributed by atoms with E-state index in [4.69, 9.17) is 4.74 Å². The molecule has 1 unspecified atom stereocenters. The average molecular weight is 261 g/mol. The van der Waals surface area contributed by atoms with Gasteiger partial charge in [0.2, 0.25) is 0 Å². The van der Waals surface area contributed by atoms with Crippen LogP contribution in [0.25, 0.3) is 0 Å². The molecule has 1 aliphatic rings. The summed E-state index contributed by atoms with van der Waals surface area (Å²) in [4.78, 5) is 7.02. The van der Waals surface area contributed by atoms with E-state index < -0.39 is 0 Å². The van der Waals surface area contributed by atoms with Crippen molar-refractivity contribution in [1.29, 1.82) is 0 Å². The van der Waals surface area contributed by atoms with Gasteiger partial charge in [-0.15, -0.1) is 0 Å². The second kappa shape index (κ2) is 6.57. The van der Waals surface area contributed by atoms with Crippen molar-refractivity contribution in [3.63, 3.8) is 0 Å². The molecule has 0 fully saturated rings. The molecule has 0 spiro atoms. The van der Waals surface area contributed by atoms with Crippen molar-refractivity contribution in [2.24, 2.45) is 4.99 Å². The Morgan fingerprint density at radius 1 is 1.37 bits per heavy atom. The van der Waals surface area contributed by atoms with Gasteiger partial charge in [-0.3, -0.25) is 9.89 Å². The summed E-state index contributed by atoms with van der Waals surface area (Å²) in [6.45, 7) is 8.19. The third kappa shape index (κ3) is 3.07. The highest BCUT2D eigenvalue weighted by atomic mass is 16.5. The predicted molar refractivity (Wildman–Crippen MR) is 79.0 cm³/mol. The van der Waals surface area contributed by atoms with Crippen LogP contribution in [0.4, 0.5) is 0 Å². The normalized spacial score (nSPS) is 16.1. The van der Waals surface area contributed by atoms with Crippen LogP contribution in [0.1, 0.15) is 25.5 Å². The van der Waals surface area contributed by atoms with E-state index in [1.54, 1.807) is 7.11 Å². The van der Waals surface area contributed by atoms with Crippen LogP contribution in [0.15, 0.2) is 29.3 Å². The molecule has 0 radical (unpaired) electrons. The van der Waals surface area contributed by atoms with E-state index >= 15 is 0 Å². The maximum Gasteiger partial charge on any atom is 0.119 e. The molecule has 1 heterocycles. The van der Waals surface area contributed by atoms with Crippen LogP contribution in [0.5, 0.6) is 5.75 Å². The first-order chi connectivity index (χ1) is 9.30. The summed E-state index contributed by atoms with van der Waals surface area (Å²) < 4.78 is 5.34. The maximum absolute atomic E-state index is 5.34. The lowest BCUT2D eigenvalue weighted by molar-refractivity contribution is 0.268. The summed E-state index contributed by atoms with van der Waals surface area (Å²) in [6, 6.07) is 8.47. The zero-order valence-electron chi connectivity index (χ0n) is 12.0. The lowest BCUT2D eigenvalue weighted by Gasteiger charge is -2.30. The molecule has 0 saturated heterocycles. The van der Waals surface area contributed by atoms with Crippen molar-refractivity contribution in [2.45, 2.75) is 19.9 Å². The third-order valence-corrected chi connectivity index (χ3v) is 3.55. The highest BCUT2D eigenvalue weighted by Gasteiger charge is 2.25. The molecule has 0 aliphatic carbocycles. The summed E-state index contributed by atoms with van der Waals surface area (Å²) in [6.07, 6.45) is 0. The molecular weight excluding hydrogens is 238 g/mol. The number of hydrogen-bond acceptors (Lipinski definition) is 4. The molecule has 1 aromatic carbocycles. The molecule has 0 saturated carbocycles. The number of amidine groups is 1. The number of methoxy groups -OCH3 is 1. The second-order valence-electron chi connectivity index (χ2n) is 4.59. The highest BCUT2D eigenvalue weighted by Crippen LogP contribution is 2.25. The molecule has 0 aromatic heterocycles. The van der Waals surface area contributed by atoms with Crippen molar-refractivity contribution >= 4 is 5.84 Å². The number of aliphatic imine (C=N–C) groups is 1. The number of nitrogens with one attached hydrogen (secondary N) is 1. The van der Waals surface area contributed by atoms with E-state index in [1.165, 1.54) is 5.56 Å². The van der Waals surface area contributed by atoms with Gasteiger partial charge in [0.25, 0.3) is 0 Å². The van der Waals surface area contributed by atoms with Crippen molar-refractivity contribution in [1.82, 2.24) is 10.2 Å². The van der Waals surface area contributed by atoms with Crippen molar-refractivity contribution in [2.75, 3.05) is 33.3 Å². The topological polar surface area (TPSA) is 36.9 Å². The maximum atomic E-state index is 5.34. The minimum atomic E-state index is 0.201. The van der Waals surface area contributed by atoms with Gasteiger partial charge in [0.05, 0.1) is 19.7 Å². The molecule has 4 heteroatoms. The van der Waals surface area contributed by atoms with E-state index in [9.17, 15) is 0 Å². The summed E-state index contributed by atoms with van der Waals surface area (Å²) in [5.41, 5.74) is 1.23. The van der Waals surface area contributed by atoms with Crippen molar-refractivity contribution in [3.05, 3.63) is 29.8 Å². The van der Waals surface area contributed by atoms with Crippen LogP contribution in [-0.4, -0.2) is 44.0 Å². The molecule has 1 aromatic rings. The number of hydrogen-bond donors (Lipinski definition) is 1. The van der Waals surface area contributed by atoms with E-state index in [-0.39, 0.29) is 6.04 Å². The van der Waals surface area contributed by atoms with Crippen LogP contribution in [0.2, 0.25) is 0 Å². The Balaban J connectivity index is 2.35. The second-order valence-corrected chi connectivity index (χ2v) is 4.59. The predicted octanol–water partition coefficient (Wildman–Crippen LogP) is 2.08. The van der Waals surface area contributed by atoms with Gasteiger partial charge < -0.3 is 10.1 Å². The van der Waals surface area contributed by atoms with Gasteiger partial charge in [-0.2, -0.15) is 0 Å². The van der Waals surface area contributed by atoms with Gasteiger partial charge in [-0.05, 0) is 30.8 Å². The highest BCUT2D eigenvalue weighted by molar-refractivity contribution is 5.89. The summed E-state index contributed by atoms with van der Waals surface area (Å²) >= 11 is 0. The number of nitrogens with zero attached hydrogens (tertiary/aromatic N) is 2. The van der Waals surface area contributed by atoms with Crippen LogP contribution < -0.4 is 10.1 Å². The Hall–Kier alpha value is -1.55. The first kappa shape index (κ1) is 13.9. The molecule has 1 aliphatic heterocycles. The Morgan fingerprint density at radius 2 is 2.16 bits per heavy atom. The van der Waals surface area contributed by atoms with Crippen LogP contribution in [0, 0.1) is 0 Å². The number of benzene rings is 1. The minimum Gasteiger partial charge on any atom is -0.497 e. The molecular formula is C15H23N3O. The molecule has 0 bridgehead atoms. The zero-order chi connectivity index (χ0) is 13.7. The first-order valence-electron chi connectivity index (χ1n) is 6.96. The van der Waals surface area contributed by atoms with Crippen LogP contribution >= 0.6 is 0 Å². The smallest absolute Gasteiger partial charge is 0.119 e. The van der Waals surface area contributed by atoms with Crippen LogP contribution in [-0.2, 0) is 0 Å². The van der Waals surface area contributed by atoms with Gasteiger partial charge >= 0.3 is 0 Å². The quantitative estimate of drug-likeness (QED) is 0.852. The Bertz CT molecular complexity index is 441. The number of rotatable bonds is 6. The summed E-state index contributed by atoms with van der Waals surface area (Å²) in [5, 5.41) is 3.41. The zero-order valence-corrected chi connectivity index (χ0v) is 12.0. The van der Waals surface area contributed by atoms with Gasteiger partial charge in [-0.25, -0.2) is 0 Å². The number of ether oxygens (including phenoxy) is 1. The molecule has 1 N–H and O–H groups in total. The molecule has 0 amide bonds. The largest absolute Gasteiger partial charge is 0.497 e. The van der Waals surface area contributed by atoms with E-state index in [0.29, 0.717) is 0 Å². The molecule has 2 rings (SSSR count). The Morgan fingerprint density at radius 3 is 2.74 bits per heavy atom. The fraction of sp³-hybridized carbons (Fsp3) is 0.533. The Kier molecular flexibility index (Phi) is 4.80.